The zero-order valence-electron chi connectivity index (χ0n) is 11.2. The molecule has 0 bridgehead atoms. The Bertz CT molecular complexity index is 424. The number of hydrogen-bond acceptors (Lipinski definition) is 4. The Balaban J connectivity index is 2.93. The largest absolute Gasteiger partial charge is 0.389 e. The third-order valence-corrected chi connectivity index (χ3v) is 2.86. The molecule has 4 heteroatoms. The third kappa shape index (κ3) is 3.73. The molecule has 1 aromatic carbocycles. The molecule has 0 aliphatic heterocycles. The van der Waals surface area contributed by atoms with Crippen LogP contribution in [0.1, 0.15) is 30.6 Å². The predicted octanol–water partition coefficient (Wildman–Crippen LogP) is 2.08. The number of hydrogen-bond donors (Lipinski definition) is 1. The maximum Gasteiger partial charge on any atom is 0.0992 e. The highest BCUT2D eigenvalue weighted by Crippen LogP contribution is 2.26. The number of nitriles is 1. The molecule has 1 rings (SSSR count). The van der Waals surface area contributed by atoms with Crippen molar-refractivity contribution in [1.29, 1.82) is 5.26 Å². The highest BCUT2D eigenvalue weighted by atomic mass is 16.5. The second-order valence-electron chi connectivity index (χ2n) is 4.33. The number of nitrogens with zero attached hydrogens (tertiary/aromatic N) is 2. The highest BCUT2D eigenvalue weighted by Gasteiger charge is 2.12. The average molecular weight is 248 g/mol. The molecule has 0 heterocycles. The summed E-state index contributed by atoms with van der Waals surface area (Å²) in [7, 11) is 3.63. The zero-order chi connectivity index (χ0) is 13.5. The van der Waals surface area contributed by atoms with Crippen LogP contribution in [0.15, 0.2) is 18.2 Å². The number of rotatable bonds is 6. The van der Waals surface area contributed by atoms with Crippen LogP contribution in [0.3, 0.4) is 0 Å². The van der Waals surface area contributed by atoms with Crippen molar-refractivity contribution in [2.75, 3.05) is 32.2 Å². The van der Waals surface area contributed by atoms with E-state index in [1.807, 2.05) is 24.1 Å². The van der Waals surface area contributed by atoms with Crippen LogP contribution in [0.5, 0.6) is 0 Å². The lowest BCUT2D eigenvalue weighted by atomic mass is 10.0. The molecule has 0 aromatic heterocycles. The Morgan fingerprint density at radius 2 is 2.22 bits per heavy atom. The van der Waals surface area contributed by atoms with Crippen molar-refractivity contribution < 1.29 is 9.84 Å². The minimum absolute atomic E-state index is 0.544. The minimum Gasteiger partial charge on any atom is -0.389 e. The predicted molar refractivity (Wildman–Crippen MR) is 71.6 cm³/mol. The molecule has 1 N–H and O–H groups in total. The van der Waals surface area contributed by atoms with Gasteiger partial charge in [-0.3, -0.25) is 0 Å². The molecule has 0 radical (unpaired) electrons. The molecule has 0 saturated carbocycles. The van der Waals surface area contributed by atoms with Crippen molar-refractivity contribution in [1.82, 2.24) is 0 Å². The molecule has 1 unspecified atom stereocenters. The van der Waals surface area contributed by atoms with E-state index in [1.54, 1.807) is 20.1 Å². The summed E-state index contributed by atoms with van der Waals surface area (Å²) >= 11 is 0. The fraction of sp³-hybridized carbons (Fsp3) is 0.500. The maximum atomic E-state index is 9.75. The Hall–Kier alpha value is -1.57. The molecule has 1 aromatic rings. The van der Waals surface area contributed by atoms with Crippen LogP contribution < -0.4 is 4.90 Å². The molecule has 0 aliphatic rings. The van der Waals surface area contributed by atoms with Crippen LogP contribution in [0, 0.1) is 11.3 Å². The normalized spacial score (nSPS) is 11.9. The number of ether oxygens (including phenoxy) is 1. The van der Waals surface area contributed by atoms with E-state index in [-0.39, 0.29) is 0 Å². The molecule has 18 heavy (non-hydrogen) atoms. The minimum atomic E-state index is -0.544. The molecule has 1 atom stereocenters. The Kier molecular flexibility index (Phi) is 5.63. The zero-order valence-corrected chi connectivity index (χ0v) is 11.2. The molecule has 0 spiro atoms. The fourth-order valence-corrected chi connectivity index (χ4v) is 1.86. The van der Waals surface area contributed by atoms with Gasteiger partial charge >= 0.3 is 0 Å². The number of methoxy groups -OCH3 is 1. The van der Waals surface area contributed by atoms with E-state index in [9.17, 15) is 5.11 Å². The molecular weight excluding hydrogens is 228 g/mol. The monoisotopic (exact) mass is 248 g/mol. The number of benzene rings is 1. The quantitative estimate of drug-likeness (QED) is 0.783. The molecule has 0 amide bonds. The molecule has 0 fully saturated rings. The van der Waals surface area contributed by atoms with Gasteiger partial charge in [-0.2, -0.15) is 5.26 Å². The molecule has 0 saturated heterocycles. The Morgan fingerprint density at radius 3 is 2.78 bits per heavy atom. The molecule has 98 valence electrons. The second kappa shape index (κ2) is 7.00. The van der Waals surface area contributed by atoms with Gasteiger partial charge in [0.25, 0.3) is 0 Å². The van der Waals surface area contributed by atoms with Crippen LogP contribution >= 0.6 is 0 Å². The Morgan fingerprint density at radius 1 is 1.50 bits per heavy atom. The number of aliphatic hydroxyl groups is 1. The highest BCUT2D eigenvalue weighted by molar-refractivity contribution is 5.58. The topological polar surface area (TPSA) is 56.5 Å². The summed E-state index contributed by atoms with van der Waals surface area (Å²) in [6.45, 7) is 3.25. The first-order chi connectivity index (χ1) is 8.60. The van der Waals surface area contributed by atoms with Crippen LogP contribution in [0.25, 0.3) is 0 Å². The number of anilines is 1. The lowest BCUT2D eigenvalue weighted by Gasteiger charge is -2.23. The lowest BCUT2D eigenvalue weighted by Crippen LogP contribution is -2.21. The van der Waals surface area contributed by atoms with E-state index >= 15 is 0 Å². The van der Waals surface area contributed by atoms with Crippen LogP contribution in [-0.4, -0.2) is 32.4 Å². The fourth-order valence-electron chi connectivity index (χ4n) is 1.86. The van der Waals surface area contributed by atoms with Crippen molar-refractivity contribution in [3.05, 3.63) is 29.3 Å². The summed E-state index contributed by atoms with van der Waals surface area (Å²) in [5.41, 5.74) is 2.35. The van der Waals surface area contributed by atoms with Crippen molar-refractivity contribution in [2.24, 2.45) is 0 Å². The standard InChI is InChI=1S/C14H20N2O2/c1-11(17)13-6-5-12(10-15)9-14(13)16(2)7-4-8-18-3/h5-6,9,11,17H,4,7-8H2,1-3H3. The van der Waals surface area contributed by atoms with E-state index in [0.29, 0.717) is 12.2 Å². The van der Waals surface area contributed by atoms with Gasteiger partial charge in [0.1, 0.15) is 0 Å². The van der Waals surface area contributed by atoms with Gasteiger partial charge in [0.05, 0.1) is 17.7 Å². The van der Waals surface area contributed by atoms with Gasteiger partial charge in [0, 0.05) is 38.6 Å². The maximum absolute atomic E-state index is 9.75. The molecule has 4 nitrogen and oxygen atoms in total. The van der Waals surface area contributed by atoms with Crippen molar-refractivity contribution in [3.8, 4) is 6.07 Å². The van der Waals surface area contributed by atoms with Gasteiger partial charge in [0.2, 0.25) is 0 Å². The molecule has 0 aliphatic carbocycles. The van der Waals surface area contributed by atoms with Gasteiger partial charge in [0.15, 0.2) is 0 Å². The van der Waals surface area contributed by atoms with Crippen LogP contribution in [0.4, 0.5) is 5.69 Å². The summed E-state index contributed by atoms with van der Waals surface area (Å²) in [5, 5.41) is 18.7. The summed E-state index contributed by atoms with van der Waals surface area (Å²) in [5.74, 6) is 0. The van der Waals surface area contributed by atoms with Gasteiger partial charge in [-0.15, -0.1) is 0 Å². The van der Waals surface area contributed by atoms with Crippen molar-refractivity contribution >= 4 is 5.69 Å². The number of aliphatic hydroxyl groups excluding tert-OH is 1. The van der Waals surface area contributed by atoms with Gasteiger partial charge in [-0.25, -0.2) is 0 Å². The summed E-state index contributed by atoms with van der Waals surface area (Å²) in [6.07, 6.45) is 0.362. The summed E-state index contributed by atoms with van der Waals surface area (Å²) in [4.78, 5) is 2.04. The first kappa shape index (κ1) is 14.5. The summed E-state index contributed by atoms with van der Waals surface area (Å²) in [6, 6.07) is 7.48. The second-order valence-corrected chi connectivity index (χ2v) is 4.33. The smallest absolute Gasteiger partial charge is 0.0992 e. The van der Waals surface area contributed by atoms with Crippen molar-refractivity contribution in [3.63, 3.8) is 0 Å². The first-order valence-electron chi connectivity index (χ1n) is 6.02. The van der Waals surface area contributed by atoms with Crippen LogP contribution in [0.2, 0.25) is 0 Å². The lowest BCUT2D eigenvalue weighted by molar-refractivity contribution is 0.195. The van der Waals surface area contributed by atoms with Gasteiger partial charge < -0.3 is 14.7 Å². The average Bonchev–Trinajstić information content (AvgIpc) is 2.38. The summed E-state index contributed by atoms with van der Waals surface area (Å²) < 4.78 is 5.02. The SMILES string of the molecule is COCCCN(C)c1cc(C#N)ccc1C(C)O. The first-order valence-corrected chi connectivity index (χ1v) is 6.02. The molecular formula is C14H20N2O2. The van der Waals surface area contributed by atoms with E-state index in [4.69, 9.17) is 10.00 Å². The van der Waals surface area contributed by atoms with Crippen LogP contribution in [-0.2, 0) is 4.74 Å². The van der Waals surface area contributed by atoms with Gasteiger partial charge in [-0.1, -0.05) is 6.07 Å². The van der Waals surface area contributed by atoms with E-state index in [1.165, 1.54) is 0 Å². The van der Waals surface area contributed by atoms with Gasteiger partial charge in [-0.05, 0) is 25.5 Å². The van der Waals surface area contributed by atoms with E-state index in [2.05, 4.69) is 6.07 Å². The third-order valence-electron chi connectivity index (χ3n) is 2.86. The van der Waals surface area contributed by atoms with E-state index < -0.39 is 6.10 Å². The van der Waals surface area contributed by atoms with E-state index in [0.717, 1.165) is 24.2 Å². The Labute approximate surface area is 108 Å². The van der Waals surface area contributed by atoms with Crippen molar-refractivity contribution in [2.45, 2.75) is 19.4 Å².